The van der Waals surface area contributed by atoms with Crippen molar-refractivity contribution in [1.29, 1.82) is 0 Å². The molecule has 11 heteroatoms. The summed E-state index contributed by atoms with van der Waals surface area (Å²) >= 11 is 0. The Bertz CT molecular complexity index is 999. The van der Waals surface area contributed by atoms with Crippen LogP contribution in [0.2, 0.25) is 0 Å². The largest absolute Gasteiger partial charge is 0.433 e. The number of alkyl halides is 3. The van der Waals surface area contributed by atoms with Crippen molar-refractivity contribution >= 4 is 15.7 Å². The van der Waals surface area contributed by atoms with Crippen LogP contribution < -0.4 is 11.3 Å². The van der Waals surface area contributed by atoms with Gasteiger partial charge in [0.05, 0.1) is 0 Å². The van der Waals surface area contributed by atoms with Crippen molar-refractivity contribution in [3.8, 4) is 11.1 Å². The van der Waals surface area contributed by atoms with Crippen molar-refractivity contribution in [2.75, 3.05) is 6.26 Å². The second-order valence-corrected chi connectivity index (χ2v) is 8.11. The molecule has 1 amide bonds. The van der Waals surface area contributed by atoms with Gasteiger partial charge in [-0.15, -0.1) is 0 Å². The fourth-order valence-corrected chi connectivity index (χ4v) is 3.38. The molecule has 2 rings (SSSR count). The van der Waals surface area contributed by atoms with E-state index < -0.39 is 38.4 Å². The molecule has 0 bridgehead atoms. The van der Waals surface area contributed by atoms with Crippen LogP contribution in [0.3, 0.4) is 0 Å². The number of nitrogens with two attached hydrogens (primary N) is 1. The number of pyridine rings is 2. The Balaban J connectivity index is 2.21. The van der Waals surface area contributed by atoms with Crippen LogP contribution in [0.15, 0.2) is 41.5 Å². The highest BCUT2D eigenvalue weighted by molar-refractivity contribution is 7.92. The summed E-state index contributed by atoms with van der Waals surface area (Å²) in [4.78, 5) is 26.8. The molecule has 0 aliphatic carbocycles. The van der Waals surface area contributed by atoms with Gasteiger partial charge in [-0.2, -0.15) is 13.2 Å². The maximum absolute atomic E-state index is 12.5. The third-order valence-electron chi connectivity index (χ3n) is 3.85. The maximum Gasteiger partial charge on any atom is 0.433 e. The number of halogens is 3. The molecule has 1 unspecified atom stereocenters. The minimum Gasteiger partial charge on any atom is -0.369 e. The van der Waals surface area contributed by atoms with E-state index >= 15 is 0 Å². The van der Waals surface area contributed by atoms with Crippen LogP contribution in [0, 0.1) is 0 Å². The van der Waals surface area contributed by atoms with Crippen LogP contribution in [0.5, 0.6) is 0 Å². The lowest BCUT2D eigenvalue weighted by atomic mass is 10.1. The molecule has 0 fully saturated rings. The highest BCUT2D eigenvalue weighted by Gasteiger charge is 2.32. The molecule has 2 heterocycles. The minimum atomic E-state index is -4.56. The van der Waals surface area contributed by atoms with Crippen molar-refractivity contribution < 1.29 is 26.4 Å². The second kappa shape index (κ2) is 7.51. The molecule has 0 radical (unpaired) electrons. The van der Waals surface area contributed by atoms with Crippen LogP contribution in [0.1, 0.15) is 12.1 Å². The first-order valence-electron chi connectivity index (χ1n) is 7.62. The van der Waals surface area contributed by atoms with Gasteiger partial charge in [-0.05, 0) is 24.1 Å². The van der Waals surface area contributed by atoms with E-state index in [0.29, 0.717) is 11.1 Å². The predicted molar refractivity (Wildman–Crippen MR) is 91.4 cm³/mol. The highest BCUT2D eigenvalue weighted by atomic mass is 32.2. The maximum atomic E-state index is 12.5. The van der Waals surface area contributed by atoms with Gasteiger partial charge < -0.3 is 10.3 Å². The van der Waals surface area contributed by atoms with Crippen LogP contribution in [0.25, 0.3) is 11.1 Å². The molecule has 1 atom stereocenters. The van der Waals surface area contributed by atoms with Gasteiger partial charge in [-0.1, -0.05) is 6.07 Å². The zero-order valence-corrected chi connectivity index (χ0v) is 14.9. The van der Waals surface area contributed by atoms with Crippen LogP contribution in [0.4, 0.5) is 13.2 Å². The number of sulfone groups is 1. The van der Waals surface area contributed by atoms with E-state index in [-0.39, 0.29) is 13.0 Å². The Kier molecular flexibility index (Phi) is 5.73. The Morgan fingerprint density at radius 1 is 1.26 bits per heavy atom. The fraction of sp³-hybridized carbons (Fsp3) is 0.312. The number of carbonyl (C=O) groups excluding carboxylic acids is 1. The molecular formula is C16H16F3N3O4S. The molecule has 146 valence electrons. The van der Waals surface area contributed by atoms with Crippen molar-refractivity contribution in [3.05, 3.63) is 52.7 Å². The standard InChI is InChI=1S/C16H16F3N3O4S/c1-27(25,26)12(15(20)24)5-7-22-6-4-10(8-14(22)23)11-2-3-13(21-9-11)16(17,18)19/h2-4,6,8-9,12H,5,7H2,1H3,(H2,20,24). The number of primary amides is 1. The van der Waals surface area contributed by atoms with E-state index in [4.69, 9.17) is 5.73 Å². The van der Waals surface area contributed by atoms with Gasteiger partial charge in [-0.3, -0.25) is 14.6 Å². The van der Waals surface area contributed by atoms with Crippen molar-refractivity contribution in [3.63, 3.8) is 0 Å². The lowest BCUT2D eigenvalue weighted by Crippen LogP contribution is -2.36. The van der Waals surface area contributed by atoms with Crippen molar-refractivity contribution in [1.82, 2.24) is 9.55 Å². The normalized spacial score (nSPS) is 13.3. The average Bonchev–Trinajstić information content (AvgIpc) is 2.54. The van der Waals surface area contributed by atoms with E-state index in [0.717, 1.165) is 18.5 Å². The summed E-state index contributed by atoms with van der Waals surface area (Å²) < 4.78 is 61.9. The first kappa shape index (κ1) is 20.6. The number of amides is 1. The van der Waals surface area contributed by atoms with Gasteiger partial charge >= 0.3 is 6.18 Å². The van der Waals surface area contributed by atoms with Gasteiger partial charge in [0.15, 0.2) is 9.84 Å². The number of hydrogen-bond acceptors (Lipinski definition) is 5. The van der Waals surface area contributed by atoms with E-state index in [1.165, 1.54) is 29.0 Å². The lowest BCUT2D eigenvalue weighted by molar-refractivity contribution is -0.141. The molecule has 2 aromatic rings. The van der Waals surface area contributed by atoms with E-state index in [9.17, 15) is 31.2 Å². The summed E-state index contributed by atoms with van der Waals surface area (Å²) in [6, 6.07) is 4.67. The second-order valence-electron chi connectivity index (χ2n) is 5.89. The van der Waals surface area contributed by atoms with E-state index in [1.807, 2.05) is 0 Å². The topological polar surface area (TPSA) is 112 Å². The lowest BCUT2D eigenvalue weighted by Gasteiger charge is -2.13. The average molecular weight is 403 g/mol. The van der Waals surface area contributed by atoms with E-state index in [1.54, 1.807) is 0 Å². The molecule has 0 spiro atoms. The van der Waals surface area contributed by atoms with Gasteiger partial charge in [0.2, 0.25) is 5.91 Å². The molecular weight excluding hydrogens is 387 g/mol. The smallest absolute Gasteiger partial charge is 0.369 e. The quantitative estimate of drug-likeness (QED) is 0.779. The van der Waals surface area contributed by atoms with Crippen molar-refractivity contribution in [2.24, 2.45) is 5.73 Å². The van der Waals surface area contributed by atoms with Gasteiger partial charge in [0.1, 0.15) is 10.9 Å². The van der Waals surface area contributed by atoms with Crippen LogP contribution in [-0.2, 0) is 27.4 Å². The predicted octanol–water partition coefficient (Wildman–Crippen LogP) is 1.22. The fourth-order valence-electron chi connectivity index (χ4n) is 2.43. The molecule has 0 aromatic carbocycles. The van der Waals surface area contributed by atoms with Crippen molar-refractivity contribution in [2.45, 2.75) is 24.4 Å². The first-order chi connectivity index (χ1) is 12.4. The van der Waals surface area contributed by atoms with Crippen LogP contribution in [-0.4, -0.2) is 35.4 Å². The monoisotopic (exact) mass is 403 g/mol. The summed E-state index contributed by atoms with van der Waals surface area (Å²) in [7, 11) is -3.70. The number of rotatable bonds is 6. The molecule has 0 saturated carbocycles. The molecule has 0 aliphatic heterocycles. The third kappa shape index (κ3) is 5.16. The molecule has 7 nitrogen and oxygen atoms in total. The highest BCUT2D eigenvalue weighted by Crippen LogP contribution is 2.28. The molecule has 0 aliphatic rings. The number of hydrogen-bond donors (Lipinski definition) is 1. The molecule has 2 N–H and O–H groups in total. The summed E-state index contributed by atoms with van der Waals surface area (Å²) in [6.45, 7) is -0.0644. The SMILES string of the molecule is CS(=O)(=O)C(CCn1ccc(-c2ccc(C(F)(F)F)nc2)cc1=O)C(N)=O. The Morgan fingerprint density at radius 3 is 2.37 bits per heavy atom. The number of aromatic nitrogens is 2. The van der Waals surface area contributed by atoms with Gasteiger partial charge in [-0.25, -0.2) is 8.42 Å². The zero-order valence-electron chi connectivity index (χ0n) is 14.1. The Morgan fingerprint density at radius 2 is 1.93 bits per heavy atom. The molecule has 2 aromatic heterocycles. The molecule has 0 saturated heterocycles. The Labute approximate surface area is 152 Å². The van der Waals surface area contributed by atoms with Gasteiger partial charge in [0, 0.05) is 36.8 Å². The first-order valence-corrected chi connectivity index (χ1v) is 9.57. The number of carbonyl (C=O) groups is 1. The third-order valence-corrected chi connectivity index (χ3v) is 5.35. The Hall–Kier alpha value is -2.69. The van der Waals surface area contributed by atoms with E-state index in [2.05, 4.69) is 4.98 Å². The van der Waals surface area contributed by atoms with Crippen LogP contribution >= 0.6 is 0 Å². The molecule has 27 heavy (non-hydrogen) atoms. The summed E-state index contributed by atoms with van der Waals surface area (Å²) in [5.74, 6) is -1.00. The minimum absolute atomic E-state index is 0.0644. The number of nitrogens with zero attached hydrogens (tertiary/aromatic N) is 2. The summed E-state index contributed by atoms with van der Waals surface area (Å²) in [6.07, 6.45) is -1.48. The zero-order chi connectivity index (χ0) is 20.4. The summed E-state index contributed by atoms with van der Waals surface area (Å²) in [5.41, 5.74) is 4.19. The van der Waals surface area contributed by atoms with Gasteiger partial charge in [0.25, 0.3) is 5.56 Å². The summed E-state index contributed by atoms with van der Waals surface area (Å²) in [5, 5.41) is -1.41. The number of aryl methyl sites for hydroxylation is 1.